The molecular formula is C24H18O6S. The second kappa shape index (κ2) is 8.49. The molecule has 0 aromatic heterocycles. The molecule has 4 rings (SSSR count). The average molecular weight is 434 g/mol. The summed E-state index contributed by atoms with van der Waals surface area (Å²) in [6.45, 7) is 0. The number of allylic oxidation sites excluding steroid dienone is 3. The SMILES string of the molecule is COc1ccc(S(=O)(=O)Oc2ccc3c(c2)OC(=CC=Cc2ccccc2)C3=O)cc1. The Hall–Kier alpha value is -3.84. The van der Waals surface area contributed by atoms with Gasteiger partial charge in [-0.15, -0.1) is 0 Å². The van der Waals surface area contributed by atoms with E-state index in [0.717, 1.165) is 5.56 Å². The van der Waals surface area contributed by atoms with E-state index in [9.17, 15) is 13.2 Å². The van der Waals surface area contributed by atoms with Crippen LogP contribution >= 0.6 is 0 Å². The van der Waals surface area contributed by atoms with Gasteiger partial charge in [0.05, 0.1) is 12.7 Å². The van der Waals surface area contributed by atoms with Crippen LogP contribution in [0.2, 0.25) is 0 Å². The molecule has 0 radical (unpaired) electrons. The van der Waals surface area contributed by atoms with Gasteiger partial charge in [0.2, 0.25) is 5.78 Å². The lowest BCUT2D eigenvalue weighted by atomic mass is 10.1. The molecule has 1 aliphatic rings. The van der Waals surface area contributed by atoms with Crippen molar-refractivity contribution in [3.05, 3.63) is 102 Å². The van der Waals surface area contributed by atoms with Gasteiger partial charge in [0.25, 0.3) is 0 Å². The fourth-order valence-corrected chi connectivity index (χ4v) is 3.88. The number of hydrogen-bond donors (Lipinski definition) is 0. The van der Waals surface area contributed by atoms with Gasteiger partial charge in [0, 0.05) is 6.07 Å². The fraction of sp³-hybridized carbons (Fsp3) is 0.0417. The van der Waals surface area contributed by atoms with Crippen LogP contribution in [-0.4, -0.2) is 21.3 Å². The summed E-state index contributed by atoms with van der Waals surface area (Å²) in [5, 5.41) is 0. The lowest BCUT2D eigenvalue weighted by Crippen LogP contribution is -2.09. The molecule has 1 heterocycles. The van der Waals surface area contributed by atoms with E-state index in [1.54, 1.807) is 12.2 Å². The maximum atomic E-state index is 12.5. The maximum absolute atomic E-state index is 12.5. The Morgan fingerprint density at radius 2 is 1.61 bits per heavy atom. The fourth-order valence-electron chi connectivity index (χ4n) is 2.96. The molecule has 0 amide bonds. The molecule has 6 nitrogen and oxygen atoms in total. The van der Waals surface area contributed by atoms with Crippen LogP contribution in [0.15, 0.2) is 95.6 Å². The zero-order valence-corrected chi connectivity index (χ0v) is 17.3. The van der Waals surface area contributed by atoms with Gasteiger partial charge in [-0.3, -0.25) is 4.79 Å². The normalized spacial score (nSPS) is 14.5. The Labute approximate surface area is 180 Å². The summed E-state index contributed by atoms with van der Waals surface area (Å²) in [5.41, 5.74) is 1.33. The molecule has 0 saturated heterocycles. The number of hydrogen-bond acceptors (Lipinski definition) is 6. The molecule has 3 aromatic rings. The second-order valence-corrected chi connectivity index (χ2v) is 8.15. The highest BCUT2D eigenvalue weighted by Gasteiger charge is 2.28. The first-order chi connectivity index (χ1) is 15.0. The number of fused-ring (bicyclic) bond motifs is 1. The van der Waals surface area contributed by atoms with Crippen LogP contribution in [-0.2, 0) is 10.1 Å². The minimum atomic E-state index is -4.05. The first-order valence-electron chi connectivity index (χ1n) is 9.35. The molecule has 0 unspecified atom stereocenters. The summed E-state index contributed by atoms with van der Waals surface area (Å²) < 4.78 is 40.9. The third-order valence-corrected chi connectivity index (χ3v) is 5.79. The van der Waals surface area contributed by atoms with Crippen molar-refractivity contribution in [2.24, 2.45) is 0 Å². The number of carbonyl (C=O) groups is 1. The summed E-state index contributed by atoms with van der Waals surface area (Å²) in [7, 11) is -2.56. The van der Waals surface area contributed by atoms with Gasteiger partial charge in [-0.05, 0) is 48.0 Å². The van der Waals surface area contributed by atoms with Crippen LogP contribution in [0.5, 0.6) is 17.2 Å². The van der Waals surface area contributed by atoms with Gasteiger partial charge in [-0.1, -0.05) is 42.5 Å². The summed E-state index contributed by atoms with van der Waals surface area (Å²) >= 11 is 0. The number of benzene rings is 3. The lowest BCUT2D eigenvalue weighted by Gasteiger charge is -2.08. The molecule has 0 saturated carbocycles. The third-order valence-electron chi connectivity index (χ3n) is 4.53. The van der Waals surface area contributed by atoms with Crippen molar-refractivity contribution in [1.82, 2.24) is 0 Å². The zero-order valence-electron chi connectivity index (χ0n) is 16.5. The minimum Gasteiger partial charge on any atom is -0.497 e. The monoisotopic (exact) mass is 434 g/mol. The van der Waals surface area contributed by atoms with Crippen molar-refractivity contribution in [2.75, 3.05) is 7.11 Å². The Morgan fingerprint density at radius 1 is 0.903 bits per heavy atom. The molecular weight excluding hydrogens is 416 g/mol. The molecule has 31 heavy (non-hydrogen) atoms. The third kappa shape index (κ3) is 4.51. The standard InChI is InChI=1S/C24H18O6S/c1-28-18-10-13-20(14-11-18)31(26,27)30-19-12-15-21-23(16-19)29-22(24(21)25)9-5-8-17-6-3-2-4-7-17/h2-16H,1H3. The highest BCUT2D eigenvalue weighted by Crippen LogP contribution is 2.35. The van der Waals surface area contributed by atoms with Crippen molar-refractivity contribution >= 4 is 22.0 Å². The molecule has 0 fully saturated rings. The number of ketones is 1. The number of rotatable bonds is 6. The van der Waals surface area contributed by atoms with Crippen LogP contribution in [0.4, 0.5) is 0 Å². The first kappa shape index (κ1) is 20.4. The summed E-state index contributed by atoms with van der Waals surface area (Å²) in [6, 6.07) is 19.8. The van der Waals surface area contributed by atoms with Crippen LogP contribution in [0.1, 0.15) is 15.9 Å². The van der Waals surface area contributed by atoms with Gasteiger partial charge >= 0.3 is 10.1 Å². The summed E-state index contributed by atoms with van der Waals surface area (Å²) in [6.07, 6.45) is 5.15. The number of methoxy groups -OCH3 is 1. The maximum Gasteiger partial charge on any atom is 0.339 e. The molecule has 1 aliphatic heterocycles. The Balaban J connectivity index is 1.51. The van der Waals surface area contributed by atoms with Gasteiger partial charge < -0.3 is 13.7 Å². The van der Waals surface area contributed by atoms with E-state index in [1.807, 2.05) is 36.4 Å². The molecule has 156 valence electrons. The van der Waals surface area contributed by atoms with Crippen molar-refractivity contribution in [2.45, 2.75) is 4.90 Å². The van der Waals surface area contributed by atoms with Crippen molar-refractivity contribution < 1.29 is 26.9 Å². The lowest BCUT2D eigenvalue weighted by molar-refractivity contribution is 0.101. The molecule has 0 bridgehead atoms. The molecule has 0 N–H and O–H groups in total. The molecule has 0 aliphatic carbocycles. The van der Waals surface area contributed by atoms with E-state index < -0.39 is 10.1 Å². The predicted molar refractivity (Wildman–Crippen MR) is 116 cm³/mol. The second-order valence-electron chi connectivity index (χ2n) is 6.60. The minimum absolute atomic E-state index is 0.0163. The smallest absolute Gasteiger partial charge is 0.339 e. The Morgan fingerprint density at radius 3 is 2.32 bits per heavy atom. The largest absolute Gasteiger partial charge is 0.497 e. The Kier molecular flexibility index (Phi) is 5.60. The van der Waals surface area contributed by atoms with Crippen molar-refractivity contribution in [1.29, 1.82) is 0 Å². The molecule has 3 aromatic carbocycles. The van der Waals surface area contributed by atoms with Crippen molar-refractivity contribution in [3.8, 4) is 17.2 Å². The van der Waals surface area contributed by atoms with E-state index >= 15 is 0 Å². The zero-order chi connectivity index (χ0) is 21.8. The van der Waals surface area contributed by atoms with Crippen LogP contribution in [0, 0.1) is 0 Å². The van der Waals surface area contributed by atoms with Crippen LogP contribution < -0.4 is 13.7 Å². The van der Waals surface area contributed by atoms with E-state index in [0.29, 0.717) is 11.3 Å². The number of ether oxygens (including phenoxy) is 2. The topological polar surface area (TPSA) is 78.9 Å². The van der Waals surface area contributed by atoms with Crippen LogP contribution in [0.25, 0.3) is 6.08 Å². The van der Waals surface area contributed by atoms with E-state index in [1.165, 1.54) is 49.6 Å². The van der Waals surface area contributed by atoms with Gasteiger partial charge in [0.1, 0.15) is 22.1 Å². The van der Waals surface area contributed by atoms with E-state index in [4.69, 9.17) is 13.7 Å². The van der Waals surface area contributed by atoms with E-state index in [-0.39, 0.29) is 27.9 Å². The van der Waals surface area contributed by atoms with E-state index in [2.05, 4.69) is 0 Å². The van der Waals surface area contributed by atoms with Crippen molar-refractivity contribution in [3.63, 3.8) is 0 Å². The predicted octanol–water partition coefficient (Wildman–Crippen LogP) is 4.64. The molecule has 0 atom stereocenters. The van der Waals surface area contributed by atoms with Crippen LogP contribution in [0.3, 0.4) is 0 Å². The molecule has 7 heteroatoms. The summed E-state index contributed by atoms with van der Waals surface area (Å²) in [5.74, 6) is 0.689. The first-order valence-corrected chi connectivity index (χ1v) is 10.8. The van der Waals surface area contributed by atoms with Gasteiger partial charge in [-0.2, -0.15) is 8.42 Å². The van der Waals surface area contributed by atoms with Gasteiger partial charge in [0.15, 0.2) is 5.76 Å². The number of carbonyl (C=O) groups excluding carboxylic acids is 1. The van der Waals surface area contributed by atoms with Gasteiger partial charge in [-0.25, -0.2) is 0 Å². The highest BCUT2D eigenvalue weighted by molar-refractivity contribution is 7.87. The Bertz CT molecular complexity index is 1270. The summed E-state index contributed by atoms with van der Waals surface area (Å²) in [4.78, 5) is 12.5. The highest BCUT2D eigenvalue weighted by atomic mass is 32.2. The quantitative estimate of drug-likeness (QED) is 0.416. The molecule has 0 spiro atoms. The average Bonchev–Trinajstić information content (AvgIpc) is 3.09. The number of Topliss-reactive ketones (excluding diaryl/α,β-unsaturated/α-hetero) is 1.